The van der Waals surface area contributed by atoms with Crippen LogP contribution in [0.3, 0.4) is 0 Å². The molecule has 4 rings (SSSR count). The molecule has 4 nitrogen and oxygen atoms in total. The summed E-state index contributed by atoms with van der Waals surface area (Å²) in [5, 5.41) is 21.0. The SMILES string of the molecule is C=C(/N=C(\C)c1ccccc1)n1c2ccccc2c2cc(B(O)O)ccc21. The maximum atomic E-state index is 9.53. The predicted octanol–water partition coefficient (Wildman–Crippen LogP) is 3.41. The fourth-order valence-corrected chi connectivity index (χ4v) is 3.42. The van der Waals surface area contributed by atoms with Crippen molar-refractivity contribution in [1.82, 2.24) is 4.57 Å². The molecule has 5 heteroatoms. The van der Waals surface area contributed by atoms with E-state index >= 15 is 0 Å². The third kappa shape index (κ3) is 3.08. The summed E-state index contributed by atoms with van der Waals surface area (Å²) in [7, 11) is -1.50. The molecule has 27 heavy (non-hydrogen) atoms. The minimum Gasteiger partial charge on any atom is -0.423 e. The number of fused-ring (bicyclic) bond motifs is 3. The summed E-state index contributed by atoms with van der Waals surface area (Å²) < 4.78 is 2.00. The quantitative estimate of drug-likeness (QED) is 0.436. The summed E-state index contributed by atoms with van der Waals surface area (Å²) in [5.41, 5.74) is 4.29. The van der Waals surface area contributed by atoms with Gasteiger partial charge in [0.2, 0.25) is 0 Å². The van der Waals surface area contributed by atoms with Crippen LogP contribution in [0.15, 0.2) is 84.4 Å². The molecular weight excluding hydrogens is 335 g/mol. The molecule has 0 aliphatic heterocycles. The van der Waals surface area contributed by atoms with Gasteiger partial charge in [0, 0.05) is 16.5 Å². The molecule has 0 radical (unpaired) electrons. The van der Waals surface area contributed by atoms with Gasteiger partial charge in [-0.05, 0) is 30.1 Å². The normalized spacial score (nSPS) is 11.9. The first-order valence-electron chi connectivity index (χ1n) is 8.75. The van der Waals surface area contributed by atoms with E-state index in [-0.39, 0.29) is 0 Å². The van der Waals surface area contributed by atoms with Crippen molar-refractivity contribution in [2.24, 2.45) is 4.99 Å². The van der Waals surface area contributed by atoms with E-state index < -0.39 is 7.12 Å². The predicted molar refractivity (Wildman–Crippen MR) is 113 cm³/mol. The van der Waals surface area contributed by atoms with Gasteiger partial charge in [-0.25, -0.2) is 4.99 Å². The number of benzene rings is 3. The molecule has 0 fully saturated rings. The Kier molecular flexibility index (Phi) is 4.40. The Labute approximate surface area is 157 Å². The fourth-order valence-electron chi connectivity index (χ4n) is 3.42. The summed E-state index contributed by atoms with van der Waals surface area (Å²) in [5.74, 6) is 0.611. The summed E-state index contributed by atoms with van der Waals surface area (Å²) in [6.45, 7) is 6.16. The van der Waals surface area contributed by atoms with E-state index in [1.807, 2.05) is 72.2 Å². The maximum Gasteiger partial charge on any atom is 0.488 e. The number of nitrogens with zero attached hydrogens (tertiary/aromatic N) is 2. The van der Waals surface area contributed by atoms with Crippen LogP contribution in [-0.4, -0.2) is 27.4 Å². The molecular formula is C22H19BN2O2. The Morgan fingerprint density at radius 1 is 0.889 bits per heavy atom. The topological polar surface area (TPSA) is 57.8 Å². The third-order valence-corrected chi connectivity index (χ3v) is 4.74. The zero-order chi connectivity index (χ0) is 19.0. The largest absolute Gasteiger partial charge is 0.488 e. The lowest BCUT2D eigenvalue weighted by Gasteiger charge is -2.09. The van der Waals surface area contributed by atoms with E-state index in [1.54, 1.807) is 12.1 Å². The second kappa shape index (κ2) is 6.87. The molecule has 1 heterocycles. The molecule has 0 bridgehead atoms. The first-order valence-corrected chi connectivity index (χ1v) is 8.75. The Morgan fingerprint density at radius 3 is 2.30 bits per heavy atom. The van der Waals surface area contributed by atoms with Crippen LogP contribution in [0.5, 0.6) is 0 Å². The highest BCUT2D eigenvalue weighted by Crippen LogP contribution is 2.31. The molecule has 2 N–H and O–H groups in total. The molecule has 0 spiro atoms. The van der Waals surface area contributed by atoms with Crippen LogP contribution >= 0.6 is 0 Å². The minimum atomic E-state index is -1.50. The average molecular weight is 354 g/mol. The van der Waals surface area contributed by atoms with Crippen molar-refractivity contribution in [2.75, 3.05) is 0 Å². The van der Waals surface area contributed by atoms with Crippen LogP contribution in [0.4, 0.5) is 0 Å². The van der Waals surface area contributed by atoms with Crippen molar-refractivity contribution < 1.29 is 10.0 Å². The molecule has 0 saturated carbocycles. The Morgan fingerprint density at radius 2 is 1.56 bits per heavy atom. The highest BCUT2D eigenvalue weighted by atomic mass is 16.4. The lowest BCUT2D eigenvalue weighted by molar-refractivity contribution is 0.426. The van der Waals surface area contributed by atoms with Crippen LogP contribution < -0.4 is 5.46 Å². The van der Waals surface area contributed by atoms with E-state index in [9.17, 15) is 10.0 Å². The number of rotatable bonds is 4. The summed E-state index contributed by atoms with van der Waals surface area (Å²) >= 11 is 0. The highest BCUT2D eigenvalue weighted by Gasteiger charge is 2.16. The zero-order valence-corrected chi connectivity index (χ0v) is 15.0. The van der Waals surface area contributed by atoms with E-state index in [0.29, 0.717) is 11.3 Å². The molecule has 0 amide bonds. The van der Waals surface area contributed by atoms with Gasteiger partial charge in [-0.3, -0.25) is 4.57 Å². The molecule has 4 aromatic rings. The Balaban J connectivity index is 1.91. The average Bonchev–Trinajstić information content (AvgIpc) is 3.02. The first kappa shape index (κ1) is 17.3. The molecule has 0 unspecified atom stereocenters. The molecule has 0 saturated heterocycles. The number of hydrogen-bond acceptors (Lipinski definition) is 3. The van der Waals surface area contributed by atoms with E-state index in [4.69, 9.17) is 4.99 Å². The lowest BCUT2D eigenvalue weighted by Crippen LogP contribution is -2.29. The van der Waals surface area contributed by atoms with Gasteiger partial charge in [0.05, 0.1) is 11.0 Å². The third-order valence-electron chi connectivity index (χ3n) is 4.74. The maximum absolute atomic E-state index is 9.53. The van der Waals surface area contributed by atoms with Gasteiger partial charge in [-0.15, -0.1) is 0 Å². The van der Waals surface area contributed by atoms with Gasteiger partial charge in [0.25, 0.3) is 0 Å². The van der Waals surface area contributed by atoms with Crippen molar-refractivity contribution in [3.05, 3.63) is 84.9 Å². The number of aliphatic imine (C=N–C) groups is 1. The zero-order valence-electron chi connectivity index (χ0n) is 15.0. The number of para-hydroxylation sites is 1. The van der Waals surface area contributed by atoms with Crippen LogP contribution in [0.2, 0.25) is 0 Å². The van der Waals surface area contributed by atoms with Crippen molar-refractivity contribution in [3.8, 4) is 0 Å². The molecule has 0 aliphatic rings. The molecule has 132 valence electrons. The van der Waals surface area contributed by atoms with Gasteiger partial charge in [0.15, 0.2) is 0 Å². The summed E-state index contributed by atoms with van der Waals surface area (Å²) in [4.78, 5) is 4.73. The second-order valence-corrected chi connectivity index (χ2v) is 6.48. The van der Waals surface area contributed by atoms with Gasteiger partial charge >= 0.3 is 7.12 Å². The van der Waals surface area contributed by atoms with Crippen LogP contribution in [-0.2, 0) is 0 Å². The Hall–Kier alpha value is -3.15. The van der Waals surface area contributed by atoms with E-state index in [1.165, 1.54) is 0 Å². The molecule has 0 atom stereocenters. The van der Waals surface area contributed by atoms with E-state index in [2.05, 4.69) is 6.58 Å². The van der Waals surface area contributed by atoms with Crippen LogP contribution in [0.1, 0.15) is 12.5 Å². The standard InChI is InChI=1S/C22H19BN2O2/c1-15(17-8-4-3-5-9-17)24-16(2)25-21-11-7-6-10-19(21)20-14-18(23(26)27)12-13-22(20)25/h3-14,26-27H,2H2,1H3/b24-15+. The van der Waals surface area contributed by atoms with Gasteiger partial charge in [-0.1, -0.05) is 67.2 Å². The summed E-state index contributed by atoms with van der Waals surface area (Å²) in [6.07, 6.45) is 0. The van der Waals surface area contributed by atoms with Gasteiger partial charge in [-0.2, -0.15) is 0 Å². The van der Waals surface area contributed by atoms with Crippen LogP contribution in [0, 0.1) is 0 Å². The second-order valence-electron chi connectivity index (χ2n) is 6.48. The fraction of sp³-hybridized carbons (Fsp3) is 0.0455. The monoisotopic (exact) mass is 354 g/mol. The van der Waals surface area contributed by atoms with Crippen molar-refractivity contribution in [2.45, 2.75) is 6.92 Å². The minimum absolute atomic E-state index is 0.458. The van der Waals surface area contributed by atoms with Crippen molar-refractivity contribution in [1.29, 1.82) is 0 Å². The van der Waals surface area contributed by atoms with Gasteiger partial charge in [0.1, 0.15) is 5.82 Å². The summed E-state index contributed by atoms with van der Waals surface area (Å²) in [6, 6.07) is 23.4. The van der Waals surface area contributed by atoms with Crippen LogP contribution in [0.25, 0.3) is 27.6 Å². The molecule has 1 aromatic heterocycles. The number of aromatic nitrogens is 1. The Bertz CT molecular complexity index is 1180. The molecule has 0 aliphatic carbocycles. The van der Waals surface area contributed by atoms with E-state index in [0.717, 1.165) is 33.1 Å². The number of hydrogen-bond donors (Lipinski definition) is 2. The van der Waals surface area contributed by atoms with Crippen molar-refractivity contribution in [3.63, 3.8) is 0 Å². The van der Waals surface area contributed by atoms with Gasteiger partial charge < -0.3 is 10.0 Å². The lowest BCUT2D eigenvalue weighted by atomic mass is 9.80. The smallest absolute Gasteiger partial charge is 0.423 e. The van der Waals surface area contributed by atoms with Crippen molar-refractivity contribution >= 4 is 45.9 Å². The highest BCUT2D eigenvalue weighted by molar-refractivity contribution is 6.59. The molecule has 3 aromatic carbocycles. The first-order chi connectivity index (χ1) is 13.1.